The summed E-state index contributed by atoms with van der Waals surface area (Å²) in [7, 11) is 0. The zero-order valence-corrected chi connectivity index (χ0v) is 12.5. The molecule has 0 saturated heterocycles. The Balaban J connectivity index is 1.76. The summed E-state index contributed by atoms with van der Waals surface area (Å²) in [4.78, 5) is 21.9. The fourth-order valence-corrected chi connectivity index (χ4v) is 1.76. The number of carbonyl (C=O) groups excluding carboxylic acids is 2. The van der Waals surface area contributed by atoms with Gasteiger partial charge in [0.05, 0.1) is 6.54 Å². The molecule has 2 aromatic carbocycles. The minimum Gasteiger partial charge on any atom is -0.489 e. The average molecular weight is 314 g/mol. The largest absolute Gasteiger partial charge is 0.489 e. The van der Waals surface area contributed by atoms with Gasteiger partial charge in [0.25, 0.3) is 5.91 Å². The first-order valence-corrected chi connectivity index (χ1v) is 7.08. The Kier molecular flexibility index (Phi) is 5.99. The van der Waals surface area contributed by atoms with Gasteiger partial charge in [-0.15, -0.1) is 0 Å². The highest BCUT2D eigenvalue weighted by atomic mass is 16.5. The highest BCUT2D eigenvalue weighted by molar-refractivity contribution is 5.84. The molecule has 3 N–H and O–H groups in total. The van der Waals surface area contributed by atoms with Crippen LogP contribution in [-0.4, -0.2) is 25.0 Å². The van der Waals surface area contributed by atoms with Crippen LogP contribution < -0.4 is 20.5 Å². The van der Waals surface area contributed by atoms with E-state index >= 15 is 0 Å². The van der Waals surface area contributed by atoms with Crippen molar-refractivity contribution in [3.05, 3.63) is 60.2 Å². The van der Waals surface area contributed by atoms with Crippen molar-refractivity contribution in [1.82, 2.24) is 5.32 Å². The molecule has 6 heteroatoms. The molecule has 0 aliphatic heterocycles. The first kappa shape index (κ1) is 16.4. The number of carbonyl (C=O) groups is 2. The Morgan fingerprint density at radius 3 is 2.13 bits per heavy atom. The highest BCUT2D eigenvalue weighted by Crippen LogP contribution is 2.18. The van der Waals surface area contributed by atoms with Crippen LogP contribution in [-0.2, 0) is 16.2 Å². The number of hydrogen-bond donors (Lipinski definition) is 2. The third-order valence-electron chi connectivity index (χ3n) is 2.90. The lowest BCUT2D eigenvalue weighted by Gasteiger charge is -2.09. The van der Waals surface area contributed by atoms with Crippen LogP contribution in [0.15, 0.2) is 54.6 Å². The molecule has 23 heavy (non-hydrogen) atoms. The van der Waals surface area contributed by atoms with E-state index in [1.54, 1.807) is 24.3 Å². The maximum atomic E-state index is 11.4. The summed E-state index contributed by atoms with van der Waals surface area (Å²) < 4.78 is 10.9. The molecular formula is C17H18N2O4. The lowest BCUT2D eigenvalue weighted by Crippen LogP contribution is -2.36. The summed E-state index contributed by atoms with van der Waals surface area (Å²) in [5.41, 5.74) is 6.01. The Morgan fingerprint density at radius 1 is 0.913 bits per heavy atom. The lowest BCUT2D eigenvalue weighted by molar-refractivity contribution is -0.126. The molecule has 6 nitrogen and oxygen atoms in total. The number of amides is 2. The molecule has 120 valence electrons. The van der Waals surface area contributed by atoms with Crippen LogP contribution in [0.3, 0.4) is 0 Å². The van der Waals surface area contributed by atoms with Crippen LogP contribution in [0, 0.1) is 0 Å². The van der Waals surface area contributed by atoms with E-state index in [0.717, 1.165) is 5.56 Å². The van der Waals surface area contributed by atoms with Crippen LogP contribution in [0.4, 0.5) is 0 Å². The predicted molar refractivity (Wildman–Crippen MR) is 84.9 cm³/mol. The van der Waals surface area contributed by atoms with Gasteiger partial charge in [0.15, 0.2) is 6.61 Å². The quantitative estimate of drug-likeness (QED) is 0.767. The zero-order valence-electron chi connectivity index (χ0n) is 12.5. The fourth-order valence-electron chi connectivity index (χ4n) is 1.76. The van der Waals surface area contributed by atoms with Gasteiger partial charge < -0.3 is 20.5 Å². The second kappa shape index (κ2) is 8.43. The topological polar surface area (TPSA) is 90.7 Å². The predicted octanol–water partition coefficient (Wildman–Crippen LogP) is 1.25. The van der Waals surface area contributed by atoms with Gasteiger partial charge in [0.2, 0.25) is 5.91 Å². The molecule has 0 heterocycles. The molecule has 0 aromatic heterocycles. The van der Waals surface area contributed by atoms with Gasteiger partial charge in [-0.25, -0.2) is 0 Å². The molecule has 0 spiro atoms. The summed E-state index contributed by atoms with van der Waals surface area (Å²) >= 11 is 0. The van der Waals surface area contributed by atoms with E-state index in [-0.39, 0.29) is 13.2 Å². The van der Waals surface area contributed by atoms with Gasteiger partial charge in [0.1, 0.15) is 18.1 Å². The maximum Gasteiger partial charge on any atom is 0.258 e. The second-order valence-electron chi connectivity index (χ2n) is 4.78. The molecule has 2 amide bonds. The molecule has 0 atom stereocenters. The first-order chi connectivity index (χ1) is 11.1. The molecule has 0 aliphatic carbocycles. The van der Waals surface area contributed by atoms with Gasteiger partial charge >= 0.3 is 0 Å². The molecule has 0 aliphatic rings. The molecule has 0 unspecified atom stereocenters. The first-order valence-electron chi connectivity index (χ1n) is 7.08. The number of hydrogen-bond acceptors (Lipinski definition) is 4. The Bertz CT molecular complexity index is 641. The molecule has 0 radical (unpaired) electrons. The van der Waals surface area contributed by atoms with E-state index < -0.39 is 11.8 Å². The van der Waals surface area contributed by atoms with E-state index in [1.807, 2.05) is 30.3 Å². The van der Waals surface area contributed by atoms with Gasteiger partial charge in [-0.2, -0.15) is 0 Å². The second-order valence-corrected chi connectivity index (χ2v) is 4.78. The van der Waals surface area contributed by atoms with E-state index in [1.165, 1.54) is 0 Å². The van der Waals surface area contributed by atoms with Crippen LogP contribution >= 0.6 is 0 Å². The molecule has 0 bridgehead atoms. The minimum absolute atomic E-state index is 0.183. The molecule has 0 fully saturated rings. The van der Waals surface area contributed by atoms with Crippen molar-refractivity contribution in [2.75, 3.05) is 13.2 Å². The van der Waals surface area contributed by atoms with Crippen LogP contribution in [0.1, 0.15) is 5.56 Å². The van der Waals surface area contributed by atoms with Crippen molar-refractivity contribution in [1.29, 1.82) is 0 Å². The maximum absolute atomic E-state index is 11.4. The molecule has 0 saturated carbocycles. The normalized spacial score (nSPS) is 9.91. The monoisotopic (exact) mass is 314 g/mol. The third-order valence-corrected chi connectivity index (χ3v) is 2.90. The molecule has 2 rings (SSSR count). The lowest BCUT2D eigenvalue weighted by atomic mass is 10.2. The van der Waals surface area contributed by atoms with E-state index in [4.69, 9.17) is 15.2 Å². The Morgan fingerprint density at radius 2 is 1.52 bits per heavy atom. The van der Waals surface area contributed by atoms with Crippen molar-refractivity contribution in [3.63, 3.8) is 0 Å². The van der Waals surface area contributed by atoms with E-state index in [0.29, 0.717) is 18.1 Å². The van der Waals surface area contributed by atoms with Gasteiger partial charge in [-0.1, -0.05) is 30.3 Å². The smallest absolute Gasteiger partial charge is 0.258 e. The fraction of sp³-hybridized carbons (Fsp3) is 0.176. The highest BCUT2D eigenvalue weighted by Gasteiger charge is 2.04. The van der Waals surface area contributed by atoms with Crippen LogP contribution in [0.5, 0.6) is 11.5 Å². The number of ether oxygens (including phenoxy) is 2. The standard InChI is InChI=1S/C17H18N2O4/c18-16(20)10-19-17(21)12-23-15-8-6-14(7-9-15)22-11-13-4-2-1-3-5-13/h1-9H,10-12H2,(H2,18,20)(H,19,21). The zero-order chi connectivity index (χ0) is 16.5. The van der Waals surface area contributed by atoms with E-state index in [2.05, 4.69) is 5.32 Å². The van der Waals surface area contributed by atoms with Crippen molar-refractivity contribution in [3.8, 4) is 11.5 Å². The molecule has 2 aromatic rings. The van der Waals surface area contributed by atoms with E-state index in [9.17, 15) is 9.59 Å². The number of nitrogens with two attached hydrogens (primary N) is 1. The number of benzene rings is 2. The van der Waals surface area contributed by atoms with Crippen LogP contribution in [0.2, 0.25) is 0 Å². The van der Waals surface area contributed by atoms with Crippen molar-refractivity contribution >= 4 is 11.8 Å². The SMILES string of the molecule is NC(=O)CNC(=O)COc1ccc(OCc2ccccc2)cc1. The summed E-state index contributed by atoms with van der Waals surface area (Å²) in [5, 5.41) is 2.34. The summed E-state index contributed by atoms with van der Waals surface area (Å²) in [6, 6.07) is 16.8. The third kappa shape index (κ3) is 6.09. The van der Waals surface area contributed by atoms with Crippen LogP contribution in [0.25, 0.3) is 0 Å². The Labute approximate surface area is 134 Å². The number of primary amides is 1. The number of nitrogens with one attached hydrogen (secondary N) is 1. The molecular weight excluding hydrogens is 296 g/mol. The Hall–Kier alpha value is -3.02. The van der Waals surface area contributed by atoms with Gasteiger partial charge in [0, 0.05) is 0 Å². The minimum atomic E-state index is -0.599. The summed E-state index contributed by atoms with van der Waals surface area (Å²) in [6.45, 7) is 0.0997. The van der Waals surface area contributed by atoms with Crippen molar-refractivity contribution in [2.24, 2.45) is 5.73 Å². The van der Waals surface area contributed by atoms with Crippen molar-refractivity contribution < 1.29 is 19.1 Å². The summed E-state index contributed by atoms with van der Waals surface area (Å²) in [5.74, 6) is 0.233. The number of rotatable bonds is 8. The average Bonchev–Trinajstić information content (AvgIpc) is 2.58. The van der Waals surface area contributed by atoms with Gasteiger partial charge in [-0.05, 0) is 29.8 Å². The van der Waals surface area contributed by atoms with Gasteiger partial charge in [-0.3, -0.25) is 9.59 Å². The summed E-state index contributed by atoms with van der Waals surface area (Å²) in [6.07, 6.45) is 0. The van der Waals surface area contributed by atoms with Crippen molar-refractivity contribution in [2.45, 2.75) is 6.61 Å².